The molecule has 1 amide bonds. The van der Waals surface area contributed by atoms with Crippen LogP contribution in [0, 0.1) is 17.6 Å². The quantitative estimate of drug-likeness (QED) is 0.600. The second-order valence-corrected chi connectivity index (χ2v) is 9.28. The molecule has 13 heteroatoms. The summed E-state index contributed by atoms with van der Waals surface area (Å²) in [6, 6.07) is 4.95. The minimum Gasteiger partial charge on any atom is -0.468 e. The van der Waals surface area contributed by atoms with Crippen LogP contribution in [0.3, 0.4) is 0 Å². The maximum atomic E-state index is 13.9. The first-order chi connectivity index (χ1) is 15.5. The summed E-state index contributed by atoms with van der Waals surface area (Å²) in [6.45, 7) is -1.59. The molecule has 33 heavy (non-hydrogen) atoms. The Balaban J connectivity index is 1.53. The van der Waals surface area contributed by atoms with Crippen LogP contribution in [-0.4, -0.2) is 49.5 Å². The van der Waals surface area contributed by atoms with Gasteiger partial charge in [-0.3, -0.25) is 4.79 Å². The zero-order valence-corrected chi connectivity index (χ0v) is 17.9. The van der Waals surface area contributed by atoms with Gasteiger partial charge in [-0.15, -0.1) is 0 Å². The van der Waals surface area contributed by atoms with Crippen molar-refractivity contribution in [1.82, 2.24) is 14.6 Å². The zero-order chi connectivity index (χ0) is 24.2. The second-order valence-electron chi connectivity index (χ2n) is 7.38. The number of alkyl halides is 3. The van der Waals surface area contributed by atoms with E-state index in [0.717, 1.165) is 16.4 Å². The summed E-state index contributed by atoms with van der Waals surface area (Å²) in [6.07, 6.45) is -2.92. The van der Waals surface area contributed by atoms with E-state index in [1.165, 1.54) is 18.3 Å². The predicted octanol–water partition coefficient (Wildman–Crippen LogP) is 3.02. The predicted molar refractivity (Wildman–Crippen MR) is 105 cm³/mol. The monoisotopic (exact) mass is 493 g/mol. The molecule has 1 aliphatic heterocycles. The molecule has 0 radical (unpaired) electrons. The van der Waals surface area contributed by atoms with Crippen molar-refractivity contribution in [3.63, 3.8) is 0 Å². The summed E-state index contributed by atoms with van der Waals surface area (Å²) < 4.78 is 94.9. The minimum atomic E-state index is -4.51. The van der Waals surface area contributed by atoms with Crippen LogP contribution >= 0.6 is 0 Å². The largest absolute Gasteiger partial charge is 0.468 e. The topological polar surface area (TPSA) is 88.6 Å². The first kappa shape index (κ1) is 24.8. The van der Waals surface area contributed by atoms with Gasteiger partial charge in [-0.1, -0.05) is 0 Å². The van der Waals surface area contributed by atoms with Gasteiger partial charge in [0.2, 0.25) is 21.8 Å². The molecule has 0 saturated carbocycles. The van der Waals surface area contributed by atoms with Gasteiger partial charge in [-0.2, -0.15) is 17.5 Å². The Kier molecular flexibility index (Phi) is 7.52. The molecule has 1 aromatic heterocycles. The maximum Gasteiger partial charge on any atom is 0.422 e. The van der Waals surface area contributed by atoms with Gasteiger partial charge in [-0.05, 0) is 42.7 Å². The van der Waals surface area contributed by atoms with Gasteiger partial charge in [-0.25, -0.2) is 22.2 Å². The molecule has 0 bridgehead atoms. The highest BCUT2D eigenvalue weighted by Crippen LogP contribution is 2.26. The van der Waals surface area contributed by atoms with Crippen molar-refractivity contribution in [2.45, 2.75) is 30.5 Å². The van der Waals surface area contributed by atoms with Crippen molar-refractivity contribution in [3.8, 4) is 5.88 Å². The number of nitrogens with one attached hydrogen (secondary N) is 1. The average molecular weight is 493 g/mol. The number of hydrogen-bond donors (Lipinski definition) is 1. The molecule has 2 aromatic rings. The highest BCUT2D eigenvalue weighted by molar-refractivity contribution is 7.89. The van der Waals surface area contributed by atoms with Crippen LogP contribution < -0.4 is 10.1 Å². The molecular formula is C20H20F5N3O4S. The third-order valence-electron chi connectivity index (χ3n) is 4.99. The van der Waals surface area contributed by atoms with Crippen molar-refractivity contribution in [2.24, 2.45) is 5.92 Å². The molecule has 1 fully saturated rings. The molecule has 0 aliphatic carbocycles. The molecule has 1 aromatic carbocycles. The summed E-state index contributed by atoms with van der Waals surface area (Å²) >= 11 is 0. The Labute approximate surface area is 186 Å². The fourth-order valence-corrected chi connectivity index (χ4v) is 4.85. The molecule has 0 atom stereocenters. The number of amides is 1. The maximum absolute atomic E-state index is 13.9. The third-order valence-corrected chi connectivity index (χ3v) is 6.90. The number of pyridine rings is 1. The van der Waals surface area contributed by atoms with E-state index < -0.39 is 45.3 Å². The molecule has 7 nitrogen and oxygen atoms in total. The lowest BCUT2D eigenvalue weighted by molar-refractivity contribution is -0.154. The number of halogens is 5. The van der Waals surface area contributed by atoms with Gasteiger partial charge in [0.05, 0.1) is 0 Å². The molecule has 1 aliphatic rings. The summed E-state index contributed by atoms with van der Waals surface area (Å²) in [5.74, 6) is -3.06. The average Bonchev–Trinajstić information content (AvgIpc) is 2.77. The van der Waals surface area contributed by atoms with Gasteiger partial charge >= 0.3 is 6.18 Å². The number of carbonyl (C=O) groups is 1. The normalized spacial score (nSPS) is 15.9. The van der Waals surface area contributed by atoms with Crippen LogP contribution in [0.1, 0.15) is 18.4 Å². The number of hydrogen-bond acceptors (Lipinski definition) is 5. The number of ether oxygens (including phenoxy) is 1. The number of nitrogens with zero attached hydrogens (tertiary/aromatic N) is 2. The van der Waals surface area contributed by atoms with Gasteiger partial charge in [0, 0.05) is 37.8 Å². The van der Waals surface area contributed by atoms with Crippen molar-refractivity contribution in [3.05, 3.63) is 53.7 Å². The first-order valence-corrected chi connectivity index (χ1v) is 11.3. The SMILES string of the molecule is O=C(NCc1ccnc(OCC(F)(F)F)c1)C1CCN(S(=O)(=O)c2cc(F)ccc2F)CC1. The number of aromatic nitrogens is 1. The number of piperidine rings is 1. The Bertz CT molecular complexity index is 1100. The van der Waals surface area contributed by atoms with Crippen molar-refractivity contribution >= 4 is 15.9 Å². The van der Waals surface area contributed by atoms with E-state index in [1.807, 2.05) is 0 Å². The van der Waals surface area contributed by atoms with Crippen molar-refractivity contribution in [1.29, 1.82) is 0 Å². The van der Waals surface area contributed by atoms with E-state index in [0.29, 0.717) is 11.6 Å². The van der Waals surface area contributed by atoms with Gasteiger partial charge < -0.3 is 10.1 Å². The number of benzene rings is 1. The van der Waals surface area contributed by atoms with Crippen LogP contribution in [0.4, 0.5) is 22.0 Å². The van der Waals surface area contributed by atoms with Crippen molar-refractivity contribution < 1.29 is 39.9 Å². The fraction of sp³-hybridized carbons (Fsp3) is 0.400. The number of sulfonamides is 1. The van der Waals surface area contributed by atoms with Crippen LogP contribution in [0.25, 0.3) is 0 Å². The molecule has 2 heterocycles. The molecule has 0 unspecified atom stereocenters. The third kappa shape index (κ3) is 6.60. The standard InChI is InChI=1S/C20H20F5N3O4S/c21-15-1-2-16(22)17(10-15)33(30,31)28-7-4-14(5-8-28)19(29)27-11-13-3-6-26-18(9-13)32-12-20(23,24)25/h1-3,6,9-10,14H,4-5,7-8,11-12H2,(H,27,29). The first-order valence-electron chi connectivity index (χ1n) is 9.83. The molecule has 3 rings (SSSR count). The summed E-state index contributed by atoms with van der Waals surface area (Å²) in [5.41, 5.74) is 0.470. The highest BCUT2D eigenvalue weighted by Gasteiger charge is 2.34. The second kappa shape index (κ2) is 10.00. The smallest absolute Gasteiger partial charge is 0.422 e. The van der Waals surface area contributed by atoms with Gasteiger partial charge in [0.25, 0.3) is 0 Å². The number of carbonyl (C=O) groups excluding carboxylic acids is 1. The van der Waals surface area contributed by atoms with E-state index >= 15 is 0 Å². The molecule has 0 spiro atoms. The van der Waals surface area contributed by atoms with Crippen LogP contribution in [-0.2, 0) is 21.4 Å². The molecule has 1 saturated heterocycles. The highest BCUT2D eigenvalue weighted by atomic mass is 32.2. The van der Waals surface area contributed by atoms with E-state index in [2.05, 4.69) is 15.0 Å². The summed E-state index contributed by atoms with van der Waals surface area (Å²) in [4.78, 5) is 15.4. The Morgan fingerprint density at radius 1 is 1.15 bits per heavy atom. The molecular weight excluding hydrogens is 473 g/mol. The Morgan fingerprint density at radius 2 is 1.85 bits per heavy atom. The van der Waals surface area contributed by atoms with E-state index in [9.17, 15) is 35.2 Å². The van der Waals surface area contributed by atoms with Crippen LogP contribution in [0.2, 0.25) is 0 Å². The lowest BCUT2D eigenvalue weighted by Crippen LogP contribution is -2.43. The van der Waals surface area contributed by atoms with Crippen LogP contribution in [0.5, 0.6) is 5.88 Å². The van der Waals surface area contributed by atoms with Gasteiger partial charge in [0.1, 0.15) is 16.5 Å². The van der Waals surface area contributed by atoms with E-state index in [-0.39, 0.29) is 44.3 Å². The Morgan fingerprint density at radius 3 is 2.52 bits per heavy atom. The molecule has 1 N–H and O–H groups in total. The molecule has 180 valence electrons. The Hall–Kier alpha value is -2.80. The van der Waals surface area contributed by atoms with Gasteiger partial charge in [0.15, 0.2) is 6.61 Å². The van der Waals surface area contributed by atoms with E-state index in [4.69, 9.17) is 0 Å². The van der Waals surface area contributed by atoms with Crippen molar-refractivity contribution in [2.75, 3.05) is 19.7 Å². The summed E-state index contributed by atoms with van der Waals surface area (Å²) in [7, 11) is -4.25. The lowest BCUT2D eigenvalue weighted by atomic mass is 9.97. The number of rotatable bonds is 7. The fourth-order valence-electron chi connectivity index (χ4n) is 3.30. The minimum absolute atomic E-state index is 0.0107. The van der Waals surface area contributed by atoms with E-state index in [1.54, 1.807) is 0 Å². The lowest BCUT2D eigenvalue weighted by Gasteiger charge is -2.30. The van der Waals surface area contributed by atoms with Crippen LogP contribution in [0.15, 0.2) is 41.4 Å². The zero-order valence-electron chi connectivity index (χ0n) is 17.1. The summed E-state index contributed by atoms with van der Waals surface area (Å²) in [5, 5.41) is 2.65.